The molecule has 4 N–H and O–H groups in total. The van der Waals surface area contributed by atoms with E-state index in [1.165, 1.54) is 19.3 Å². The van der Waals surface area contributed by atoms with Crippen LogP contribution in [0.3, 0.4) is 0 Å². The minimum atomic E-state index is -0.781. The molecular formula is C27H44FN5O2. The zero-order valence-electron chi connectivity index (χ0n) is 21.3. The summed E-state index contributed by atoms with van der Waals surface area (Å²) in [6.07, 6.45) is 10.6. The highest BCUT2D eigenvalue weighted by molar-refractivity contribution is 5.79. The van der Waals surface area contributed by atoms with Crippen LogP contribution in [0.2, 0.25) is 0 Å². The van der Waals surface area contributed by atoms with Gasteiger partial charge in [-0.3, -0.25) is 14.8 Å². The topological polar surface area (TPSA) is 95.1 Å². The van der Waals surface area contributed by atoms with E-state index in [1.54, 1.807) is 6.26 Å². The Labute approximate surface area is 208 Å². The van der Waals surface area contributed by atoms with Crippen molar-refractivity contribution in [1.82, 2.24) is 20.5 Å². The number of hydrogen-bond donors (Lipinski definition) is 4. The summed E-state index contributed by atoms with van der Waals surface area (Å²) in [6, 6.07) is 0.843. The Bertz CT molecular complexity index is 913. The molecule has 2 saturated heterocycles. The molecule has 0 aromatic carbocycles. The third kappa shape index (κ3) is 6.01. The lowest BCUT2D eigenvalue weighted by molar-refractivity contribution is -0.128. The average molecular weight is 490 g/mol. The van der Waals surface area contributed by atoms with Gasteiger partial charge in [-0.15, -0.1) is 0 Å². The maximum Gasteiger partial charge on any atom is 0.293 e. The van der Waals surface area contributed by atoms with E-state index in [1.807, 2.05) is 10.8 Å². The highest BCUT2D eigenvalue weighted by atomic mass is 19.1. The molecule has 9 atom stereocenters. The fraction of sp³-hybridized carbons (Fsp3) is 0.852. The molecular weight excluding hydrogens is 445 g/mol. The second kappa shape index (κ2) is 10.8. The van der Waals surface area contributed by atoms with Crippen LogP contribution in [-0.2, 0) is 11.3 Å². The van der Waals surface area contributed by atoms with Gasteiger partial charge >= 0.3 is 0 Å². The van der Waals surface area contributed by atoms with Crippen LogP contribution in [-0.4, -0.2) is 47.9 Å². The number of halogens is 1. The molecule has 0 bridgehead atoms. The molecule has 4 aliphatic rings. The van der Waals surface area contributed by atoms with Crippen LogP contribution in [0.5, 0.6) is 0 Å². The third-order valence-corrected chi connectivity index (χ3v) is 9.24. The van der Waals surface area contributed by atoms with Gasteiger partial charge in [0.15, 0.2) is 0 Å². The molecule has 0 radical (unpaired) electrons. The highest BCUT2D eigenvalue weighted by Gasteiger charge is 2.43. The zero-order valence-corrected chi connectivity index (χ0v) is 21.3. The van der Waals surface area contributed by atoms with Crippen LogP contribution in [0.1, 0.15) is 65.2 Å². The van der Waals surface area contributed by atoms with Gasteiger partial charge in [0.05, 0.1) is 0 Å². The normalized spacial score (nSPS) is 39.2. The molecule has 1 aromatic rings. The Morgan fingerprint density at radius 1 is 1.20 bits per heavy atom. The summed E-state index contributed by atoms with van der Waals surface area (Å²) in [5.74, 6) is 2.34. The molecule has 1 aromatic heterocycles. The van der Waals surface area contributed by atoms with Crippen molar-refractivity contribution in [1.29, 1.82) is 5.41 Å². The first-order chi connectivity index (χ1) is 16.9. The van der Waals surface area contributed by atoms with E-state index >= 15 is 0 Å². The number of nitrogens with one attached hydrogen (secondary N) is 4. The van der Waals surface area contributed by atoms with Gasteiger partial charge in [0, 0.05) is 43.3 Å². The molecule has 2 aliphatic heterocycles. The number of amides is 1. The van der Waals surface area contributed by atoms with Crippen LogP contribution in [0.25, 0.3) is 0 Å². The van der Waals surface area contributed by atoms with Crippen molar-refractivity contribution in [3.8, 4) is 0 Å². The maximum absolute atomic E-state index is 14.0. The zero-order chi connectivity index (χ0) is 24.5. The first-order valence-corrected chi connectivity index (χ1v) is 14.0. The quantitative estimate of drug-likeness (QED) is 0.473. The first kappa shape index (κ1) is 25.0. The second-order valence-electron chi connectivity index (χ2n) is 12.2. The predicted octanol–water partition coefficient (Wildman–Crippen LogP) is 3.21. The smallest absolute Gasteiger partial charge is 0.293 e. The van der Waals surface area contributed by atoms with Gasteiger partial charge < -0.3 is 20.4 Å². The summed E-state index contributed by atoms with van der Waals surface area (Å²) in [4.78, 5) is 13.8. The molecule has 196 valence electrons. The van der Waals surface area contributed by atoms with Crippen molar-refractivity contribution in [2.45, 2.75) is 96.1 Å². The van der Waals surface area contributed by atoms with Crippen LogP contribution < -0.4 is 21.6 Å². The maximum atomic E-state index is 14.0. The van der Waals surface area contributed by atoms with Gasteiger partial charge in [0.1, 0.15) is 12.4 Å². The van der Waals surface area contributed by atoms with E-state index in [2.05, 4.69) is 29.8 Å². The number of hydrogen-bond acceptors (Lipinski definition) is 5. The molecule has 2 saturated carbocycles. The summed E-state index contributed by atoms with van der Waals surface area (Å²) in [7, 11) is 0. The minimum Gasteiger partial charge on any atom is -0.432 e. The van der Waals surface area contributed by atoms with E-state index in [4.69, 9.17) is 9.83 Å². The molecule has 8 heteroatoms. The number of aromatic nitrogens is 1. The highest BCUT2D eigenvalue weighted by Crippen LogP contribution is 2.41. The molecule has 2 aliphatic carbocycles. The number of piperidine rings is 2. The number of rotatable bonds is 7. The Kier molecular flexibility index (Phi) is 7.68. The van der Waals surface area contributed by atoms with E-state index in [0.29, 0.717) is 49.2 Å². The second-order valence-corrected chi connectivity index (χ2v) is 12.2. The Morgan fingerprint density at radius 2 is 2.03 bits per heavy atom. The van der Waals surface area contributed by atoms with Crippen molar-refractivity contribution < 1.29 is 13.6 Å². The van der Waals surface area contributed by atoms with Gasteiger partial charge in [-0.05, 0) is 87.5 Å². The van der Waals surface area contributed by atoms with Crippen molar-refractivity contribution in [2.75, 3.05) is 13.1 Å². The van der Waals surface area contributed by atoms with Gasteiger partial charge in [-0.2, -0.15) is 0 Å². The number of nitrogens with zero attached hydrogens (tertiary/aromatic N) is 1. The van der Waals surface area contributed by atoms with Gasteiger partial charge in [0.25, 0.3) is 5.68 Å². The molecule has 5 rings (SSSR count). The summed E-state index contributed by atoms with van der Waals surface area (Å²) < 4.78 is 21.1. The van der Waals surface area contributed by atoms with Crippen LogP contribution in [0, 0.1) is 40.9 Å². The Morgan fingerprint density at radius 3 is 2.71 bits per heavy atom. The number of alkyl halides is 1. The van der Waals surface area contributed by atoms with Gasteiger partial charge in [-0.25, -0.2) is 4.39 Å². The van der Waals surface area contributed by atoms with E-state index in [9.17, 15) is 9.18 Å². The predicted molar refractivity (Wildman–Crippen MR) is 132 cm³/mol. The fourth-order valence-corrected chi connectivity index (χ4v) is 7.30. The summed E-state index contributed by atoms with van der Waals surface area (Å²) in [6.45, 7) is 6.61. The molecule has 1 amide bonds. The molecule has 35 heavy (non-hydrogen) atoms. The summed E-state index contributed by atoms with van der Waals surface area (Å²) in [5.41, 5.74) is 0.156. The number of carbonyl (C=O) groups excluding carboxylic acids is 1. The van der Waals surface area contributed by atoms with Crippen LogP contribution >= 0.6 is 0 Å². The monoisotopic (exact) mass is 489 g/mol. The van der Waals surface area contributed by atoms with Crippen molar-refractivity contribution >= 4 is 5.91 Å². The van der Waals surface area contributed by atoms with Gasteiger partial charge in [0.2, 0.25) is 5.91 Å². The van der Waals surface area contributed by atoms with Crippen molar-refractivity contribution in [3.05, 3.63) is 18.1 Å². The minimum absolute atomic E-state index is 0.0419. The standard InChI is InChI=1S/C27H44FN5O2/c1-16-5-6-30-23(9-16)25(19-3-4-19)32-26(34)21-12-18(15-33-7-8-35-27(33)29)11-20(13-21)24-17(2)10-22(28)14-31-24/h7-8,16-25,29-31H,3-6,9-15H2,1-2H3,(H,32,34). The number of carbonyl (C=O) groups is 1. The number of oxazole rings is 1. The first-order valence-electron chi connectivity index (χ1n) is 14.0. The Balaban J connectivity index is 1.30. The van der Waals surface area contributed by atoms with Crippen molar-refractivity contribution in [3.63, 3.8) is 0 Å². The average Bonchev–Trinajstić information content (AvgIpc) is 3.59. The largest absolute Gasteiger partial charge is 0.432 e. The van der Waals surface area contributed by atoms with Crippen LogP contribution in [0.15, 0.2) is 16.9 Å². The fourth-order valence-electron chi connectivity index (χ4n) is 7.30. The van der Waals surface area contributed by atoms with E-state index in [-0.39, 0.29) is 35.5 Å². The molecule has 7 nitrogen and oxygen atoms in total. The van der Waals surface area contributed by atoms with Crippen LogP contribution in [0.4, 0.5) is 4.39 Å². The summed E-state index contributed by atoms with van der Waals surface area (Å²) in [5, 5.41) is 18.7. The third-order valence-electron chi connectivity index (χ3n) is 9.24. The molecule has 3 heterocycles. The molecule has 0 spiro atoms. The van der Waals surface area contributed by atoms with E-state index in [0.717, 1.165) is 32.2 Å². The lowest BCUT2D eigenvalue weighted by Crippen LogP contribution is -2.56. The van der Waals surface area contributed by atoms with E-state index < -0.39 is 6.17 Å². The lowest BCUT2D eigenvalue weighted by atomic mass is 9.68. The summed E-state index contributed by atoms with van der Waals surface area (Å²) >= 11 is 0. The Hall–Kier alpha value is -1.67. The molecule has 9 unspecified atom stereocenters. The van der Waals surface area contributed by atoms with Gasteiger partial charge in [-0.1, -0.05) is 13.8 Å². The lowest BCUT2D eigenvalue weighted by Gasteiger charge is -2.44. The SMILES string of the molecule is CC1CCNC(C(NC(=O)C2CC(Cn3ccoc3=N)CC(C3NCC(F)CC3C)C2)C2CC2)C1. The van der Waals surface area contributed by atoms with Crippen molar-refractivity contribution in [2.24, 2.45) is 35.5 Å². The molecule has 4 fully saturated rings.